The first kappa shape index (κ1) is 26.4. The molecule has 1 aromatic heterocycles. The molecule has 3 aliphatic rings. The van der Waals surface area contributed by atoms with Gasteiger partial charge in [0.2, 0.25) is 0 Å². The summed E-state index contributed by atoms with van der Waals surface area (Å²) >= 11 is 6.41. The fourth-order valence-corrected chi connectivity index (χ4v) is 5.36. The van der Waals surface area contributed by atoms with Gasteiger partial charge in [-0.05, 0) is 115 Å². The summed E-state index contributed by atoms with van der Waals surface area (Å²) in [6, 6.07) is 7.26. The second-order valence-electron chi connectivity index (χ2n) is 12.0. The third-order valence-electron chi connectivity index (χ3n) is 7.66. The van der Waals surface area contributed by atoms with Crippen molar-refractivity contribution in [1.82, 2.24) is 9.88 Å². The molecule has 0 N–H and O–H groups in total. The number of hydrogen-bond acceptors (Lipinski definition) is 5. The molecule has 1 saturated heterocycles. The molecule has 2 aromatic rings. The lowest BCUT2D eigenvalue weighted by molar-refractivity contribution is 0.00644. The highest BCUT2D eigenvalue weighted by atomic mass is 35.5. The fraction of sp³-hybridized carbons (Fsp3) is 0.600. The van der Waals surface area contributed by atoms with Crippen molar-refractivity contribution in [3.05, 3.63) is 57.6 Å². The van der Waals surface area contributed by atoms with Gasteiger partial charge >= 0.3 is 5.97 Å². The van der Waals surface area contributed by atoms with Crippen LogP contribution in [0.5, 0.6) is 5.75 Å². The largest absolute Gasteiger partial charge is 0.493 e. The molecule has 0 amide bonds. The van der Waals surface area contributed by atoms with Crippen molar-refractivity contribution in [2.24, 2.45) is 5.92 Å². The predicted molar refractivity (Wildman–Crippen MR) is 143 cm³/mol. The van der Waals surface area contributed by atoms with Crippen molar-refractivity contribution in [2.45, 2.75) is 89.7 Å². The van der Waals surface area contributed by atoms with Crippen molar-refractivity contribution in [2.75, 3.05) is 19.7 Å². The number of likely N-dealkylation sites (tertiary alicyclic amines) is 1. The molecular formula is C30H38ClFN2O3. The Morgan fingerprint density at radius 3 is 2.38 bits per heavy atom. The summed E-state index contributed by atoms with van der Waals surface area (Å²) in [5, 5.41) is 0.776. The molecule has 5 rings (SSSR count). The van der Waals surface area contributed by atoms with E-state index in [0.29, 0.717) is 30.1 Å². The lowest BCUT2D eigenvalue weighted by Gasteiger charge is -2.36. The Hall–Kier alpha value is -2.18. The maximum Gasteiger partial charge on any atom is 0.341 e. The predicted octanol–water partition coefficient (Wildman–Crippen LogP) is 7.44. The maximum absolute atomic E-state index is 14.9. The van der Waals surface area contributed by atoms with Crippen LogP contribution in [-0.4, -0.2) is 41.2 Å². The monoisotopic (exact) mass is 528 g/mol. The average Bonchev–Trinajstić information content (AvgIpc) is 3.74. The van der Waals surface area contributed by atoms with Crippen molar-refractivity contribution < 1.29 is 18.7 Å². The number of carbonyl (C=O) groups is 1. The number of ether oxygens (including phenoxy) is 2. The van der Waals surface area contributed by atoms with E-state index in [2.05, 4.69) is 11.8 Å². The van der Waals surface area contributed by atoms with Crippen LogP contribution in [0.25, 0.3) is 0 Å². The quantitative estimate of drug-likeness (QED) is 0.333. The number of rotatable bonds is 8. The molecule has 1 aliphatic heterocycles. The van der Waals surface area contributed by atoms with Crippen LogP contribution in [0, 0.1) is 11.7 Å². The van der Waals surface area contributed by atoms with Gasteiger partial charge in [0.05, 0.1) is 17.9 Å². The van der Waals surface area contributed by atoms with Gasteiger partial charge in [0, 0.05) is 28.7 Å². The molecule has 2 heterocycles. The van der Waals surface area contributed by atoms with E-state index < -0.39 is 17.4 Å². The van der Waals surface area contributed by atoms with Crippen LogP contribution in [0.15, 0.2) is 24.3 Å². The Balaban J connectivity index is 1.19. The van der Waals surface area contributed by atoms with Gasteiger partial charge in [0.1, 0.15) is 17.2 Å². The zero-order valence-corrected chi connectivity index (χ0v) is 23.1. The van der Waals surface area contributed by atoms with Crippen LogP contribution in [0.2, 0.25) is 5.02 Å². The summed E-state index contributed by atoms with van der Waals surface area (Å²) in [6.45, 7) is 10.0. The minimum atomic E-state index is -0.673. The second kappa shape index (κ2) is 10.5. The second-order valence-corrected chi connectivity index (χ2v) is 12.5. The van der Waals surface area contributed by atoms with Gasteiger partial charge in [-0.25, -0.2) is 9.18 Å². The summed E-state index contributed by atoms with van der Waals surface area (Å²) in [7, 11) is 0. The first-order valence-corrected chi connectivity index (χ1v) is 14.1. The van der Waals surface area contributed by atoms with E-state index in [1.54, 1.807) is 26.8 Å². The highest BCUT2D eigenvalue weighted by Gasteiger charge is 2.32. The fourth-order valence-electron chi connectivity index (χ4n) is 5.14. The van der Waals surface area contributed by atoms with Crippen LogP contribution in [0.4, 0.5) is 4.39 Å². The van der Waals surface area contributed by atoms with Gasteiger partial charge in [-0.15, -0.1) is 0 Å². The third kappa shape index (κ3) is 6.64. The molecule has 2 saturated carbocycles. The van der Waals surface area contributed by atoms with Crippen LogP contribution in [0.3, 0.4) is 0 Å². The Labute approximate surface area is 224 Å². The Morgan fingerprint density at radius 1 is 1.08 bits per heavy atom. The highest BCUT2D eigenvalue weighted by molar-refractivity contribution is 6.30. The molecular weight excluding hydrogens is 491 g/mol. The number of pyridine rings is 1. The highest BCUT2D eigenvalue weighted by Crippen LogP contribution is 2.45. The topological polar surface area (TPSA) is 51.7 Å². The van der Waals surface area contributed by atoms with E-state index in [0.717, 1.165) is 60.7 Å². The van der Waals surface area contributed by atoms with Crippen LogP contribution in [0.1, 0.15) is 111 Å². The zero-order valence-electron chi connectivity index (χ0n) is 22.4. The molecule has 1 unspecified atom stereocenters. The summed E-state index contributed by atoms with van der Waals surface area (Å²) in [5.41, 5.74) is 2.43. The van der Waals surface area contributed by atoms with E-state index in [9.17, 15) is 9.18 Å². The molecule has 1 aromatic carbocycles. The minimum absolute atomic E-state index is 0.00839. The summed E-state index contributed by atoms with van der Waals surface area (Å²) in [5.74, 6) is 0.661. The van der Waals surface area contributed by atoms with Gasteiger partial charge in [0.25, 0.3) is 0 Å². The number of benzene rings is 1. The van der Waals surface area contributed by atoms with Gasteiger partial charge in [-0.1, -0.05) is 11.6 Å². The molecule has 0 spiro atoms. The SMILES string of the molecule is CC(c1cc(Cl)cc(C2CC2)n1)N1CCC(COc2cc(F)c(C(=O)OC(C)(C)C)cc2C2CC2)CC1. The lowest BCUT2D eigenvalue weighted by Crippen LogP contribution is -2.37. The van der Waals surface area contributed by atoms with Crippen LogP contribution in [-0.2, 0) is 4.74 Å². The lowest BCUT2D eigenvalue weighted by atomic mass is 9.96. The molecule has 0 radical (unpaired) electrons. The summed E-state index contributed by atoms with van der Waals surface area (Å²) < 4.78 is 26.5. The van der Waals surface area contributed by atoms with E-state index in [4.69, 9.17) is 26.1 Å². The standard InChI is InChI=1S/C30H38ClFN2O3/c1-18(26-13-22(31)14-27(33-26)21-7-8-21)34-11-9-19(10-12-34)17-36-28-16-25(32)24(15-23(28)20-5-6-20)29(35)37-30(2,3)4/h13-16,18-21H,5-12,17H2,1-4H3. The smallest absolute Gasteiger partial charge is 0.341 e. The Kier molecular flexibility index (Phi) is 7.52. The maximum atomic E-state index is 14.9. The zero-order chi connectivity index (χ0) is 26.3. The molecule has 5 nitrogen and oxygen atoms in total. The first-order valence-electron chi connectivity index (χ1n) is 13.7. The Morgan fingerprint density at radius 2 is 1.76 bits per heavy atom. The normalized spacial score (nSPS) is 20.1. The average molecular weight is 529 g/mol. The number of piperidine rings is 1. The number of esters is 1. The number of nitrogens with zero attached hydrogens (tertiary/aromatic N) is 2. The van der Waals surface area contributed by atoms with Gasteiger partial charge < -0.3 is 9.47 Å². The van der Waals surface area contributed by atoms with Crippen molar-refractivity contribution in [3.8, 4) is 5.75 Å². The molecule has 2 aliphatic carbocycles. The van der Waals surface area contributed by atoms with Gasteiger partial charge in [-0.2, -0.15) is 0 Å². The van der Waals surface area contributed by atoms with E-state index in [1.807, 2.05) is 12.1 Å². The minimum Gasteiger partial charge on any atom is -0.493 e. The molecule has 1 atom stereocenters. The van der Waals surface area contributed by atoms with E-state index in [1.165, 1.54) is 18.9 Å². The summed E-state index contributed by atoms with van der Waals surface area (Å²) in [6.07, 6.45) is 6.51. The van der Waals surface area contributed by atoms with E-state index in [-0.39, 0.29) is 11.6 Å². The molecule has 3 fully saturated rings. The molecule has 0 bridgehead atoms. The van der Waals surface area contributed by atoms with Gasteiger partial charge in [0.15, 0.2) is 0 Å². The number of carbonyl (C=O) groups excluding carboxylic acids is 1. The first-order chi connectivity index (χ1) is 17.6. The van der Waals surface area contributed by atoms with E-state index >= 15 is 0 Å². The van der Waals surface area contributed by atoms with Crippen LogP contribution < -0.4 is 4.74 Å². The van der Waals surface area contributed by atoms with Gasteiger partial charge in [-0.3, -0.25) is 9.88 Å². The Bertz CT molecular complexity index is 1150. The van der Waals surface area contributed by atoms with Crippen molar-refractivity contribution >= 4 is 17.6 Å². The van der Waals surface area contributed by atoms with Crippen molar-refractivity contribution in [1.29, 1.82) is 0 Å². The number of aromatic nitrogens is 1. The third-order valence-corrected chi connectivity index (χ3v) is 7.88. The summed E-state index contributed by atoms with van der Waals surface area (Å²) in [4.78, 5) is 19.9. The number of hydrogen-bond donors (Lipinski definition) is 0. The molecule has 37 heavy (non-hydrogen) atoms. The van der Waals surface area contributed by atoms with Crippen molar-refractivity contribution in [3.63, 3.8) is 0 Å². The van der Waals surface area contributed by atoms with Crippen LogP contribution >= 0.6 is 11.6 Å². The molecule has 7 heteroatoms. The number of halogens is 2. The molecule has 200 valence electrons.